The summed E-state index contributed by atoms with van der Waals surface area (Å²) < 4.78 is 9.03. The van der Waals surface area contributed by atoms with Crippen molar-refractivity contribution < 1.29 is 19.1 Å². The third-order valence-electron chi connectivity index (χ3n) is 2.04. The molecular formula is C9H13NO4. The highest BCUT2D eigenvalue weighted by Gasteiger charge is 2.25. The number of ether oxygens (including phenoxy) is 2. The molecule has 0 bridgehead atoms. The molecule has 1 atom stereocenters. The second kappa shape index (κ2) is 4.64. The van der Waals surface area contributed by atoms with Gasteiger partial charge in [-0.2, -0.15) is 0 Å². The molecule has 1 rings (SSSR count). The lowest BCUT2D eigenvalue weighted by molar-refractivity contribution is -0.142. The van der Waals surface area contributed by atoms with Crippen LogP contribution in [0, 0.1) is 0 Å². The van der Waals surface area contributed by atoms with E-state index in [1.165, 1.54) is 20.3 Å². The molecule has 0 aromatic rings. The molecule has 0 radical (unpaired) electrons. The van der Waals surface area contributed by atoms with E-state index in [2.05, 4.69) is 14.8 Å². The van der Waals surface area contributed by atoms with Crippen molar-refractivity contribution in [2.24, 2.45) is 0 Å². The molecule has 0 unspecified atom stereocenters. The molecule has 78 valence electrons. The summed E-state index contributed by atoms with van der Waals surface area (Å²) in [5.41, 5.74) is 0.715. The first-order valence-corrected chi connectivity index (χ1v) is 4.30. The SMILES string of the molecule is COC(=O)/C=C1/CC[C@H](C(=O)OC)N1. The summed E-state index contributed by atoms with van der Waals surface area (Å²) in [6, 6.07) is -0.337. The zero-order valence-corrected chi connectivity index (χ0v) is 8.20. The first-order chi connectivity index (χ1) is 6.67. The topological polar surface area (TPSA) is 64.6 Å². The summed E-state index contributed by atoms with van der Waals surface area (Å²) in [5, 5.41) is 2.89. The van der Waals surface area contributed by atoms with Crippen LogP contribution in [-0.2, 0) is 19.1 Å². The fraction of sp³-hybridized carbons (Fsp3) is 0.556. The first-order valence-electron chi connectivity index (χ1n) is 4.30. The Morgan fingerprint density at radius 3 is 2.71 bits per heavy atom. The monoisotopic (exact) mass is 199 g/mol. The molecule has 0 spiro atoms. The van der Waals surface area contributed by atoms with Gasteiger partial charge >= 0.3 is 11.9 Å². The van der Waals surface area contributed by atoms with Gasteiger partial charge in [-0.25, -0.2) is 9.59 Å². The van der Waals surface area contributed by atoms with Crippen LogP contribution in [0.25, 0.3) is 0 Å². The molecule has 5 nitrogen and oxygen atoms in total. The molecule has 0 aromatic heterocycles. The van der Waals surface area contributed by atoms with Gasteiger partial charge in [0.15, 0.2) is 0 Å². The maximum atomic E-state index is 11.1. The van der Waals surface area contributed by atoms with Gasteiger partial charge in [-0.3, -0.25) is 0 Å². The molecule has 1 aliphatic heterocycles. The van der Waals surface area contributed by atoms with Crippen LogP contribution in [0.5, 0.6) is 0 Å². The van der Waals surface area contributed by atoms with Gasteiger partial charge < -0.3 is 14.8 Å². The van der Waals surface area contributed by atoms with Gasteiger partial charge in [0.1, 0.15) is 6.04 Å². The number of esters is 2. The van der Waals surface area contributed by atoms with Crippen molar-refractivity contribution in [3.8, 4) is 0 Å². The predicted molar refractivity (Wildman–Crippen MR) is 48.3 cm³/mol. The Kier molecular flexibility index (Phi) is 3.50. The summed E-state index contributed by atoms with van der Waals surface area (Å²) in [7, 11) is 2.65. The lowest BCUT2D eigenvalue weighted by atomic mass is 10.2. The van der Waals surface area contributed by atoms with E-state index >= 15 is 0 Å². The molecule has 0 saturated carbocycles. The highest BCUT2D eigenvalue weighted by atomic mass is 16.5. The molecule has 0 amide bonds. The molecule has 14 heavy (non-hydrogen) atoms. The minimum absolute atomic E-state index is 0.307. The maximum absolute atomic E-state index is 11.1. The highest BCUT2D eigenvalue weighted by molar-refractivity contribution is 5.83. The number of methoxy groups -OCH3 is 2. The largest absolute Gasteiger partial charge is 0.467 e. The van der Waals surface area contributed by atoms with E-state index in [-0.39, 0.29) is 12.0 Å². The van der Waals surface area contributed by atoms with Crippen molar-refractivity contribution in [1.82, 2.24) is 5.32 Å². The van der Waals surface area contributed by atoms with E-state index in [4.69, 9.17) is 0 Å². The van der Waals surface area contributed by atoms with Gasteiger partial charge in [0.25, 0.3) is 0 Å². The van der Waals surface area contributed by atoms with Crippen LogP contribution in [0.3, 0.4) is 0 Å². The predicted octanol–water partition coefficient (Wildman–Crippen LogP) is -0.0317. The van der Waals surface area contributed by atoms with E-state index in [0.29, 0.717) is 18.5 Å². The van der Waals surface area contributed by atoms with Crippen LogP contribution in [0.4, 0.5) is 0 Å². The zero-order valence-electron chi connectivity index (χ0n) is 8.20. The molecule has 5 heteroatoms. The van der Waals surface area contributed by atoms with Crippen molar-refractivity contribution in [2.45, 2.75) is 18.9 Å². The van der Waals surface area contributed by atoms with Gasteiger partial charge in [0, 0.05) is 11.8 Å². The molecule has 1 saturated heterocycles. The summed E-state index contributed by atoms with van der Waals surface area (Å²) >= 11 is 0. The average Bonchev–Trinajstić information content (AvgIpc) is 2.65. The van der Waals surface area contributed by atoms with E-state index in [9.17, 15) is 9.59 Å². The van der Waals surface area contributed by atoms with Gasteiger partial charge in [0.05, 0.1) is 14.2 Å². The lowest BCUT2D eigenvalue weighted by Gasteiger charge is -2.07. The van der Waals surface area contributed by atoms with Crippen molar-refractivity contribution >= 4 is 11.9 Å². The van der Waals surface area contributed by atoms with E-state index in [1.54, 1.807) is 0 Å². The van der Waals surface area contributed by atoms with Crippen LogP contribution < -0.4 is 5.32 Å². The maximum Gasteiger partial charge on any atom is 0.332 e. The zero-order chi connectivity index (χ0) is 10.6. The number of hydrogen-bond donors (Lipinski definition) is 1. The van der Waals surface area contributed by atoms with Crippen molar-refractivity contribution in [3.05, 3.63) is 11.8 Å². The Morgan fingerprint density at radius 2 is 2.14 bits per heavy atom. The standard InChI is InChI=1S/C9H13NO4/c1-13-8(11)5-6-3-4-7(10-6)9(12)14-2/h5,7,10H,3-4H2,1-2H3/b6-5-/t7-/m1/s1. The smallest absolute Gasteiger partial charge is 0.332 e. The third kappa shape index (κ3) is 2.48. The second-order valence-electron chi connectivity index (χ2n) is 2.95. The summed E-state index contributed by atoms with van der Waals surface area (Å²) in [4.78, 5) is 21.9. The molecular weight excluding hydrogens is 186 g/mol. The van der Waals surface area contributed by atoms with Crippen molar-refractivity contribution in [2.75, 3.05) is 14.2 Å². The second-order valence-corrected chi connectivity index (χ2v) is 2.95. The normalized spacial score (nSPS) is 23.0. The average molecular weight is 199 g/mol. The number of carbonyl (C=O) groups is 2. The number of hydrogen-bond acceptors (Lipinski definition) is 5. The summed E-state index contributed by atoms with van der Waals surface area (Å²) in [6.07, 6.45) is 2.66. The molecule has 0 aliphatic carbocycles. The third-order valence-corrected chi connectivity index (χ3v) is 2.04. The minimum Gasteiger partial charge on any atom is -0.467 e. The molecule has 1 fully saturated rings. The molecule has 0 aromatic carbocycles. The summed E-state index contributed by atoms with van der Waals surface area (Å²) in [5.74, 6) is -0.726. The molecule has 1 aliphatic rings. The van der Waals surface area contributed by atoms with Crippen LogP contribution in [0.1, 0.15) is 12.8 Å². The van der Waals surface area contributed by atoms with Crippen LogP contribution >= 0.6 is 0 Å². The Balaban J connectivity index is 2.53. The van der Waals surface area contributed by atoms with E-state index in [1.807, 2.05) is 0 Å². The number of allylic oxidation sites excluding steroid dienone is 1. The van der Waals surface area contributed by atoms with Gasteiger partial charge in [-0.05, 0) is 12.8 Å². The Hall–Kier alpha value is -1.52. The number of carbonyl (C=O) groups excluding carboxylic acids is 2. The van der Waals surface area contributed by atoms with Gasteiger partial charge in [0.2, 0.25) is 0 Å². The minimum atomic E-state index is -0.419. The van der Waals surface area contributed by atoms with E-state index in [0.717, 1.165) is 0 Å². The Labute approximate surface area is 82.1 Å². The highest BCUT2D eigenvalue weighted by Crippen LogP contribution is 2.16. The van der Waals surface area contributed by atoms with Crippen molar-refractivity contribution in [1.29, 1.82) is 0 Å². The molecule has 1 heterocycles. The number of rotatable bonds is 2. The van der Waals surface area contributed by atoms with Crippen LogP contribution in [-0.4, -0.2) is 32.2 Å². The van der Waals surface area contributed by atoms with Gasteiger partial charge in [-0.1, -0.05) is 0 Å². The van der Waals surface area contributed by atoms with Crippen LogP contribution in [0.2, 0.25) is 0 Å². The van der Waals surface area contributed by atoms with Gasteiger partial charge in [-0.15, -0.1) is 0 Å². The summed E-state index contributed by atoms with van der Waals surface area (Å²) in [6.45, 7) is 0. The fourth-order valence-electron chi connectivity index (χ4n) is 1.30. The molecule has 1 N–H and O–H groups in total. The fourth-order valence-corrected chi connectivity index (χ4v) is 1.30. The number of nitrogens with one attached hydrogen (secondary N) is 1. The quantitative estimate of drug-likeness (QED) is 0.499. The van der Waals surface area contributed by atoms with E-state index < -0.39 is 5.97 Å². The Morgan fingerprint density at radius 1 is 1.43 bits per heavy atom. The van der Waals surface area contributed by atoms with Crippen LogP contribution in [0.15, 0.2) is 11.8 Å². The lowest BCUT2D eigenvalue weighted by Crippen LogP contribution is -2.31. The Bertz CT molecular complexity index is 272. The first kappa shape index (κ1) is 10.6. The van der Waals surface area contributed by atoms with Crippen molar-refractivity contribution in [3.63, 3.8) is 0 Å².